The normalized spacial score (nSPS) is 14.8. The molecule has 1 N–H and O–H groups in total. The van der Waals surface area contributed by atoms with Crippen molar-refractivity contribution in [1.82, 2.24) is 10.2 Å². The number of methoxy groups -OCH3 is 1. The van der Waals surface area contributed by atoms with Gasteiger partial charge in [-0.15, -0.1) is 0 Å². The topological polar surface area (TPSA) is 58.6 Å². The summed E-state index contributed by atoms with van der Waals surface area (Å²) in [7, 11) is 1.60. The summed E-state index contributed by atoms with van der Waals surface area (Å²) in [5.41, 5.74) is 2.42. The van der Waals surface area contributed by atoms with E-state index < -0.39 is 0 Å². The quantitative estimate of drug-likeness (QED) is 0.920. The van der Waals surface area contributed by atoms with Crippen LogP contribution in [-0.4, -0.2) is 43.0 Å². The molecule has 0 spiro atoms. The fourth-order valence-corrected chi connectivity index (χ4v) is 3.20. The van der Waals surface area contributed by atoms with E-state index in [-0.39, 0.29) is 17.9 Å². The van der Waals surface area contributed by atoms with Crippen LogP contribution in [0.15, 0.2) is 48.5 Å². The third-order valence-corrected chi connectivity index (χ3v) is 4.73. The van der Waals surface area contributed by atoms with E-state index >= 15 is 0 Å². The van der Waals surface area contributed by atoms with Gasteiger partial charge in [0.05, 0.1) is 7.11 Å². The minimum Gasteiger partial charge on any atom is -0.497 e. The lowest BCUT2D eigenvalue weighted by molar-refractivity contribution is 0.0698. The molecule has 0 unspecified atom stereocenters. The number of rotatable bonds is 4. The van der Waals surface area contributed by atoms with Gasteiger partial charge in [-0.3, -0.25) is 9.59 Å². The minimum absolute atomic E-state index is 0.0635. The number of hydrogen-bond acceptors (Lipinski definition) is 3. The summed E-state index contributed by atoms with van der Waals surface area (Å²) in [6.45, 7) is 3.29. The lowest BCUT2D eigenvalue weighted by Gasteiger charge is -2.32. The van der Waals surface area contributed by atoms with Gasteiger partial charge < -0.3 is 15.0 Å². The number of ether oxygens (including phenoxy) is 1. The molecule has 1 aliphatic heterocycles. The van der Waals surface area contributed by atoms with Crippen LogP contribution in [-0.2, 0) is 0 Å². The van der Waals surface area contributed by atoms with Crippen LogP contribution < -0.4 is 10.1 Å². The summed E-state index contributed by atoms with van der Waals surface area (Å²) >= 11 is 0. The summed E-state index contributed by atoms with van der Waals surface area (Å²) < 4.78 is 5.11. The van der Waals surface area contributed by atoms with E-state index in [1.807, 2.05) is 36.1 Å². The maximum absolute atomic E-state index is 12.6. The Morgan fingerprint density at radius 1 is 1.04 bits per heavy atom. The fourth-order valence-electron chi connectivity index (χ4n) is 3.20. The third kappa shape index (κ3) is 4.23. The van der Waals surface area contributed by atoms with Gasteiger partial charge in [0.1, 0.15) is 5.75 Å². The summed E-state index contributed by atoms with van der Waals surface area (Å²) in [6.07, 6.45) is 1.53. The zero-order valence-corrected chi connectivity index (χ0v) is 15.2. The van der Waals surface area contributed by atoms with Crippen LogP contribution in [0.2, 0.25) is 0 Å². The molecule has 0 radical (unpaired) electrons. The number of carbonyl (C=O) groups is 2. The summed E-state index contributed by atoms with van der Waals surface area (Å²) in [5, 5.41) is 3.06. The van der Waals surface area contributed by atoms with Gasteiger partial charge >= 0.3 is 0 Å². The zero-order chi connectivity index (χ0) is 18.5. The highest BCUT2D eigenvalue weighted by Crippen LogP contribution is 2.16. The standard InChI is InChI=1S/C21H24N2O3/c1-15-4-3-5-17(14-15)21(25)23-12-10-18(11-13-23)22-20(24)16-6-8-19(26-2)9-7-16/h3-9,14,18H,10-13H2,1-2H3,(H,22,24). The first-order valence-corrected chi connectivity index (χ1v) is 8.87. The Hall–Kier alpha value is -2.82. The molecule has 0 aromatic heterocycles. The number of benzene rings is 2. The van der Waals surface area contributed by atoms with Crippen molar-refractivity contribution < 1.29 is 14.3 Å². The van der Waals surface area contributed by atoms with Crippen LogP contribution in [0.5, 0.6) is 5.75 Å². The highest BCUT2D eigenvalue weighted by molar-refractivity contribution is 5.95. The van der Waals surface area contributed by atoms with Gasteiger partial charge in [0, 0.05) is 30.3 Å². The minimum atomic E-state index is -0.0869. The van der Waals surface area contributed by atoms with Gasteiger partial charge in [-0.2, -0.15) is 0 Å². The van der Waals surface area contributed by atoms with Gasteiger partial charge in [-0.25, -0.2) is 0 Å². The second-order valence-corrected chi connectivity index (χ2v) is 6.64. The van der Waals surface area contributed by atoms with Gasteiger partial charge in [0.2, 0.25) is 0 Å². The summed E-state index contributed by atoms with van der Waals surface area (Å²) in [6, 6.07) is 14.8. The predicted octanol–water partition coefficient (Wildman–Crippen LogP) is 3.04. The van der Waals surface area contributed by atoms with E-state index in [9.17, 15) is 9.59 Å². The molecule has 1 saturated heterocycles. The van der Waals surface area contributed by atoms with E-state index in [4.69, 9.17) is 4.74 Å². The Labute approximate surface area is 154 Å². The second-order valence-electron chi connectivity index (χ2n) is 6.64. The van der Waals surface area contributed by atoms with Crippen molar-refractivity contribution in [3.8, 4) is 5.75 Å². The van der Waals surface area contributed by atoms with Crippen molar-refractivity contribution in [3.63, 3.8) is 0 Å². The van der Waals surface area contributed by atoms with Gasteiger partial charge in [0.15, 0.2) is 0 Å². The number of likely N-dealkylation sites (tertiary alicyclic amines) is 1. The van der Waals surface area contributed by atoms with E-state index in [0.29, 0.717) is 18.7 Å². The molecule has 1 fully saturated rings. The molecule has 3 rings (SSSR count). The van der Waals surface area contributed by atoms with Gasteiger partial charge in [-0.05, 0) is 56.2 Å². The first-order chi connectivity index (χ1) is 12.6. The largest absolute Gasteiger partial charge is 0.497 e. The number of carbonyl (C=O) groups excluding carboxylic acids is 2. The fraction of sp³-hybridized carbons (Fsp3) is 0.333. The molecule has 0 saturated carbocycles. The number of nitrogens with zero attached hydrogens (tertiary/aromatic N) is 1. The molecule has 1 aliphatic rings. The molecule has 5 heteroatoms. The first kappa shape index (κ1) is 18.0. The summed E-state index contributed by atoms with van der Waals surface area (Å²) in [4.78, 5) is 26.8. The van der Waals surface area contributed by atoms with E-state index in [2.05, 4.69) is 5.32 Å². The van der Waals surface area contributed by atoms with Crippen LogP contribution in [0.3, 0.4) is 0 Å². The van der Waals surface area contributed by atoms with Crippen LogP contribution in [0.1, 0.15) is 39.1 Å². The van der Waals surface area contributed by atoms with Crippen molar-refractivity contribution in [3.05, 3.63) is 65.2 Å². The lowest BCUT2D eigenvalue weighted by Crippen LogP contribution is -2.46. The van der Waals surface area contributed by atoms with Crippen LogP contribution in [0.25, 0.3) is 0 Å². The Balaban J connectivity index is 1.53. The first-order valence-electron chi connectivity index (χ1n) is 8.87. The average molecular weight is 352 g/mol. The van der Waals surface area contributed by atoms with Crippen molar-refractivity contribution in [2.45, 2.75) is 25.8 Å². The van der Waals surface area contributed by atoms with Crippen molar-refractivity contribution >= 4 is 11.8 Å². The molecule has 2 aromatic carbocycles. The molecule has 0 atom stereocenters. The average Bonchev–Trinajstić information content (AvgIpc) is 2.68. The second kappa shape index (κ2) is 8.04. The Bertz CT molecular complexity index is 778. The molecule has 26 heavy (non-hydrogen) atoms. The number of nitrogens with one attached hydrogen (secondary N) is 1. The summed E-state index contributed by atoms with van der Waals surface area (Å²) in [5.74, 6) is 0.703. The molecule has 5 nitrogen and oxygen atoms in total. The van der Waals surface area contributed by atoms with E-state index in [1.165, 1.54) is 0 Å². The Morgan fingerprint density at radius 2 is 1.73 bits per heavy atom. The highest BCUT2D eigenvalue weighted by Gasteiger charge is 2.24. The molecular formula is C21H24N2O3. The van der Waals surface area contributed by atoms with Crippen molar-refractivity contribution in [2.24, 2.45) is 0 Å². The maximum atomic E-state index is 12.6. The highest BCUT2D eigenvalue weighted by atomic mass is 16.5. The van der Waals surface area contributed by atoms with Crippen LogP contribution >= 0.6 is 0 Å². The monoisotopic (exact) mass is 352 g/mol. The van der Waals surface area contributed by atoms with Gasteiger partial charge in [0.25, 0.3) is 11.8 Å². The molecule has 2 aromatic rings. The van der Waals surface area contributed by atoms with Crippen LogP contribution in [0, 0.1) is 6.92 Å². The van der Waals surface area contributed by atoms with Crippen LogP contribution in [0.4, 0.5) is 0 Å². The van der Waals surface area contributed by atoms with Gasteiger partial charge in [-0.1, -0.05) is 17.7 Å². The maximum Gasteiger partial charge on any atom is 0.253 e. The third-order valence-electron chi connectivity index (χ3n) is 4.73. The number of aryl methyl sites for hydroxylation is 1. The Kier molecular flexibility index (Phi) is 5.56. The molecule has 0 bridgehead atoms. The Morgan fingerprint density at radius 3 is 2.35 bits per heavy atom. The number of amides is 2. The number of hydrogen-bond donors (Lipinski definition) is 1. The van der Waals surface area contributed by atoms with Crippen molar-refractivity contribution in [2.75, 3.05) is 20.2 Å². The molecule has 136 valence electrons. The van der Waals surface area contributed by atoms with E-state index in [0.717, 1.165) is 29.7 Å². The van der Waals surface area contributed by atoms with Crippen molar-refractivity contribution in [1.29, 1.82) is 0 Å². The molecule has 2 amide bonds. The lowest BCUT2D eigenvalue weighted by atomic mass is 10.0. The number of piperidine rings is 1. The smallest absolute Gasteiger partial charge is 0.253 e. The SMILES string of the molecule is COc1ccc(C(=O)NC2CCN(C(=O)c3cccc(C)c3)CC2)cc1. The van der Waals surface area contributed by atoms with E-state index in [1.54, 1.807) is 31.4 Å². The zero-order valence-electron chi connectivity index (χ0n) is 15.2. The molecule has 1 heterocycles. The molecular weight excluding hydrogens is 328 g/mol. The molecule has 0 aliphatic carbocycles. The predicted molar refractivity (Wildman–Crippen MR) is 101 cm³/mol.